The molecule has 132 valence electrons. The molecule has 0 atom stereocenters. The Balaban J connectivity index is 2.02. The van der Waals surface area contributed by atoms with Crippen LogP contribution in [0.5, 0.6) is 0 Å². The summed E-state index contributed by atoms with van der Waals surface area (Å²) in [7, 11) is 0. The van der Waals surface area contributed by atoms with Gasteiger partial charge in [-0.25, -0.2) is 0 Å². The summed E-state index contributed by atoms with van der Waals surface area (Å²) >= 11 is 0. The third-order valence-electron chi connectivity index (χ3n) is 4.89. The van der Waals surface area contributed by atoms with Crippen LogP contribution in [0.2, 0.25) is 0 Å². The van der Waals surface area contributed by atoms with Crippen LogP contribution in [-0.4, -0.2) is 10.7 Å². The third kappa shape index (κ3) is 2.85. The van der Waals surface area contributed by atoms with Crippen molar-refractivity contribution in [2.75, 3.05) is 0 Å². The molecule has 0 unspecified atom stereocenters. The number of allylic oxidation sites excluding steroid dienone is 1. The van der Waals surface area contributed by atoms with Gasteiger partial charge in [0.25, 0.3) is 5.69 Å². The fourth-order valence-electron chi connectivity index (χ4n) is 3.45. The highest BCUT2D eigenvalue weighted by atomic mass is 16.6. The molecule has 0 heterocycles. The Morgan fingerprint density at radius 3 is 1.74 bits per heavy atom. The summed E-state index contributed by atoms with van der Waals surface area (Å²) in [5.74, 6) is -0.0978. The molecule has 0 amide bonds. The highest BCUT2D eigenvalue weighted by Gasteiger charge is 2.32. The van der Waals surface area contributed by atoms with Gasteiger partial charge in [0.05, 0.1) is 4.92 Å². The Hall–Kier alpha value is -3.53. The minimum Gasteiger partial charge on any atom is -0.289 e. The summed E-state index contributed by atoms with van der Waals surface area (Å²) in [6, 6.07) is 20.1. The lowest BCUT2D eigenvalue weighted by molar-refractivity contribution is -0.384. The van der Waals surface area contributed by atoms with Gasteiger partial charge in [0.15, 0.2) is 5.78 Å². The number of fused-ring (bicyclic) bond motifs is 1. The number of hydrogen-bond acceptors (Lipinski definition) is 3. The molecule has 0 saturated heterocycles. The Morgan fingerprint density at radius 1 is 0.704 bits per heavy atom. The second-order valence-corrected chi connectivity index (χ2v) is 6.80. The van der Waals surface area contributed by atoms with Crippen LogP contribution in [0.15, 0.2) is 66.7 Å². The summed E-state index contributed by atoms with van der Waals surface area (Å²) in [6.07, 6.45) is 0. The molecule has 0 bridgehead atoms. The first-order valence-electron chi connectivity index (χ1n) is 8.67. The highest BCUT2D eigenvalue weighted by molar-refractivity contribution is 6.41. The first-order chi connectivity index (χ1) is 13.0. The van der Waals surface area contributed by atoms with Gasteiger partial charge in [0.2, 0.25) is 0 Å². The predicted molar refractivity (Wildman–Crippen MR) is 106 cm³/mol. The summed E-state index contributed by atoms with van der Waals surface area (Å²) in [6.45, 7) is 3.99. The summed E-state index contributed by atoms with van der Waals surface area (Å²) in [4.78, 5) is 24.0. The highest BCUT2D eigenvalue weighted by Crippen LogP contribution is 2.43. The van der Waals surface area contributed by atoms with Gasteiger partial charge in [0, 0.05) is 34.4 Å². The zero-order valence-electron chi connectivity index (χ0n) is 15.0. The van der Waals surface area contributed by atoms with Crippen molar-refractivity contribution < 1.29 is 9.72 Å². The second kappa shape index (κ2) is 6.32. The number of carbonyl (C=O) groups excluding carboxylic acids is 1. The van der Waals surface area contributed by atoms with Gasteiger partial charge in [-0.1, -0.05) is 59.7 Å². The number of Topliss-reactive ketones (excluding diaryl/α,β-unsaturated/α-hetero) is 1. The number of nitro benzene ring substituents is 1. The fraction of sp³-hybridized carbons (Fsp3) is 0.0870. The van der Waals surface area contributed by atoms with Crippen LogP contribution in [0.25, 0.3) is 11.1 Å². The number of carbonyl (C=O) groups is 1. The average Bonchev–Trinajstić information content (AvgIpc) is 2.95. The van der Waals surface area contributed by atoms with E-state index in [0.29, 0.717) is 16.7 Å². The molecule has 3 aromatic carbocycles. The smallest absolute Gasteiger partial charge is 0.270 e. The lowest BCUT2D eigenvalue weighted by Crippen LogP contribution is -1.99. The molecule has 1 aliphatic carbocycles. The Kier molecular flexibility index (Phi) is 3.96. The van der Waals surface area contributed by atoms with Crippen LogP contribution < -0.4 is 0 Å². The zero-order chi connectivity index (χ0) is 19.1. The number of nitrogens with zero attached hydrogens (tertiary/aromatic N) is 1. The molecule has 0 spiro atoms. The topological polar surface area (TPSA) is 60.2 Å². The number of aryl methyl sites for hydroxylation is 2. The van der Waals surface area contributed by atoms with Gasteiger partial charge in [-0.3, -0.25) is 14.9 Å². The van der Waals surface area contributed by atoms with E-state index < -0.39 is 4.92 Å². The van der Waals surface area contributed by atoms with Gasteiger partial charge in [0.1, 0.15) is 0 Å². The number of benzene rings is 3. The largest absolute Gasteiger partial charge is 0.289 e. The van der Waals surface area contributed by atoms with Crippen molar-refractivity contribution in [3.8, 4) is 0 Å². The van der Waals surface area contributed by atoms with E-state index >= 15 is 0 Å². The number of hydrogen-bond donors (Lipinski definition) is 0. The van der Waals surface area contributed by atoms with E-state index in [4.69, 9.17) is 0 Å². The van der Waals surface area contributed by atoms with E-state index in [0.717, 1.165) is 27.8 Å². The molecule has 0 aromatic heterocycles. The first kappa shape index (κ1) is 16.9. The van der Waals surface area contributed by atoms with Crippen LogP contribution in [0.3, 0.4) is 0 Å². The normalized spacial score (nSPS) is 13.0. The van der Waals surface area contributed by atoms with Gasteiger partial charge < -0.3 is 0 Å². The number of non-ortho nitro benzene ring substituents is 1. The molecule has 4 nitrogen and oxygen atoms in total. The SMILES string of the molecule is Cc1ccc(C2=C(c3ccc(C)cc3)c3cc([N+](=O)[O-])ccc3C2=O)cc1. The lowest BCUT2D eigenvalue weighted by atomic mass is 9.93. The van der Waals surface area contributed by atoms with Gasteiger partial charge in [-0.15, -0.1) is 0 Å². The van der Waals surface area contributed by atoms with Crippen LogP contribution in [0.4, 0.5) is 5.69 Å². The number of nitro groups is 1. The van der Waals surface area contributed by atoms with Crippen molar-refractivity contribution in [3.63, 3.8) is 0 Å². The van der Waals surface area contributed by atoms with Crippen molar-refractivity contribution in [2.45, 2.75) is 13.8 Å². The third-order valence-corrected chi connectivity index (χ3v) is 4.89. The molecule has 4 heteroatoms. The van der Waals surface area contributed by atoms with Crippen molar-refractivity contribution in [2.24, 2.45) is 0 Å². The minimum atomic E-state index is -0.429. The molecule has 3 aromatic rings. The van der Waals surface area contributed by atoms with E-state index in [1.807, 2.05) is 62.4 Å². The fourth-order valence-corrected chi connectivity index (χ4v) is 3.45. The molecule has 27 heavy (non-hydrogen) atoms. The molecular formula is C23H17NO3. The number of rotatable bonds is 3. The van der Waals surface area contributed by atoms with E-state index in [1.165, 1.54) is 12.1 Å². The lowest BCUT2D eigenvalue weighted by Gasteiger charge is -2.09. The van der Waals surface area contributed by atoms with Gasteiger partial charge >= 0.3 is 0 Å². The van der Waals surface area contributed by atoms with Crippen LogP contribution in [0.1, 0.15) is 38.2 Å². The Morgan fingerprint density at radius 2 is 1.22 bits per heavy atom. The molecule has 0 radical (unpaired) electrons. The number of ketones is 1. The van der Waals surface area contributed by atoms with Gasteiger partial charge in [-0.2, -0.15) is 0 Å². The molecule has 4 rings (SSSR count). The molecule has 0 fully saturated rings. The molecular weight excluding hydrogens is 338 g/mol. The maximum Gasteiger partial charge on any atom is 0.270 e. The van der Waals surface area contributed by atoms with E-state index in [2.05, 4.69) is 0 Å². The Bertz CT molecular complexity index is 1110. The summed E-state index contributed by atoms with van der Waals surface area (Å²) in [5.41, 5.74) is 6.37. The van der Waals surface area contributed by atoms with Crippen LogP contribution >= 0.6 is 0 Å². The molecule has 0 saturated carbocycles. The van der Waals surface area contributed by atoms with E-state index in [1.54, 1.807) is 6.07 Å². The Labute approximate surface area is 156 Å². The van der Waals surface area contributed by atoms with Crippen molar-refractivity contribution in [1.29, 1.82) is 0 Å². The zero-order valence-corrected chi connectivity index (χ0v) is 15.0. The van der Waals surface area contributed by atoms with Crippen molar-refractivity contribution in [3.05, 3.63) is 110 Å². The predicted octanol–water partition coefficient (Wildman–Crippen LogP) is 5.37. The van der Waals surface area contributed by atoms with Crippen LogP contribution in [0, 0.1) is 24.0 Å². The summed E-state index contributed by atoms with van der Waals surface area (Å²) < 4.78 is 0. The monoisotopic (exact) mass is 355 g/mol. The maximum atomic E-state index is 13.2. The maximum absolute atomic E-state index is 13.2. The van der Waals surface area contributed by atoms with Crippen molar-refractivity contribution >= 4 is 22.6 Å². The minimum absolute atomic E-state index is 0.0173. The first-order valence-corrected chi connectivity index (χ1v) is 8.67. The van der Waals surface area contributed by atoms with Gasteiger partial charge in [-0.05, 0) is 31.0 Å². The standard InChI is InChI=1S/C23H17NO3/c1-14-3-7-16(8-4-14)21-20-13-18(24(26)27)11-12-19(20)23(25)22(21)17-9-5-15(2)6-10-17/h3-13H,1-2H3. The van der Waals surface area contributed by atoms with E-state index in [-0.39, 0.29) is 11.5 Å². The molecule has 0 aliphatic heterocycles. The quantitative estimate of drug-likeness (QED) is 0.469. The summed E-state index contributed by atoms with van der Waals surface area (Å²) in [5, 5.41) is 11.3. The molecule has 1 aliphatic rings. The van der Waals surface area contributed by atoms with E-state index in [9.17, 15) is 14.9 Å². The van der Waals surface area contributed by atoms with Crippen LogP contribution in [-0.2, 0) is 0 Å². The average molecular weight is 355 g/mol. The van der Waals surface area contributed by atoms with Crippen molar-refractivity contribution in [1.82, 2.24) is 0 Å². The second-order valence-electron chi connectivity index (χ2n) is 6.80. The molecule has 0 N–H and O–H groups in total.